The molecule has 0 unspecified atom stereocenters. The van der Waals surface area contributed by atoms with Gasteiger partial charge >= 0.3 is 0 Å². The molecule has 0 aromatic carbocycles. The third-order valence-electron chi connectivity index (χ3n) is 2.86. The summed E-state index contributed by atoms with van der Waals surface area (Å²) in [4.78, 5) is 8.67. The molecule has 0 spiro atoms. The van der Waals surface area contributed by atoms with E-state index in [1.165, 1.54) is 18.7 Å². The lowest BCUT2D eigenvalue weighted by Crippen LogP contribution is -2.34. The Morgan fingerprint density at radius 3 is 3.00 bits per heavy atom. The number of halogens is 1. The van der Waals surface area contributed by atoms with Crippen molar-refractivity contribution in [3.63, 3.8) is 0 Å². The first kappa shape index (κ1) is 14.3. The van der Waals surface area contributed by atoms with E-state index >= 15 is 0 Å². The first-order valence-electron chi connectivity index (χ1n) is 5.77. The number of aliphatic imine (C=N–C) groups is 1. The van der Waals surface area contributed by atoms with Gasteiger partial charge in [0.05, 0.1) is 12.2 Å². The topological polar surface area (TPSA) is 54.2 Å². The Bertz CT molecular complexity index is 362. The summed E-state index contributed by atoms with van der Waals surface area (Å²) in [6.07, 6.45) is 5.79. The lowest BCUT2D eigenvalue weighted by molar-refractivity contribution is 0.522. The van der Waals surface area contributed by atoms with Crippen LogP contribution in [0, 0.1) is 0 Å². The standard InChI is InChI=1S/C11H19N5.HI/c1-12-11(13-2)14-7-9-8-16-6-4-3-5-10(16)15-9;/h8H,3-7H2,1-2H3,(H2,12,13,14);1H. The lowest BCUT2D eigenvalue weighted by Gasteiger charge is -2.11. The van der Waals surface area contributed by atoms with Crippen LogP contribution in [-0.2, 0) is 19.5 Å². The molecule has 0 radical (unpaired) electrons. The maximum Gasteiger partial charge on any atom is 0.191 e. The van der Waals surface area contributed by atoms with Crippen LogP contribution in [-0.4, -0.2) is 29.6 Å². The largest absolute Gasteiger partial charge is 0.359 e. The van der Waals surface area contributed by atoms with Gasteiger partial charge < -0.3 is 15.2 Å². The molecule has 0 amide bonds. The number of guanidine groups is 1. The van der Waals surface area contributed by atoms with Crippen molar-refractivity contribution in [1.29, 1.82) is 0 Å². The van der Waals surface area contributed by atoms with Crippen LogP contribution in [0.1, 0.15) is 24.4 Å². The van der Waals surface area contributed by atoms with E-state index in [1.807, 2.05) is 7.05 Å². The molecule has 2 heterocycles. The Morgan fingerprint density at radius 1 is 1.53 bits per heavy atom. The quantitative estimate of drug-likeness (QED) is 0.478. The van der Waals surface area contributed by atoms with Crippen molar-refractivity contribution in [2.24, 2.45) is 4.99 Å². The summed E-state index contributed by atoms with van der Waals surface area (Å²) in [7, 11) is 3.62. The molecule has 1 aromatic heterocycles. The van der Waals surface area contributed by atoms with Crippen LogP contribution in [0.2, 0.25) is 0 Å². The number of imidazole rings is 1. The molecular weight excluding hydrogens is 329 g/mol. The molecule has 0 saturated heterocycles. The average molecular weight is 349 g/mol. The van der Waals surface area contributed by atoms with Crippen LogP contribution >= 0.6 is 24.0 Å². The van der Waals surface area contributed by atoms with Gasteiger partial charge in [0, 0.05) is 33.3 Å². The van der Waals surface area contributed by atoms with Crippen molar-refractivity contribution in [2.45, 2.75) is 32.4 Å². The first-order chi connectivity index (χ1) is 7.83. The van der Waals surface area contributed by atoms with Crippen LogP contribution in [0.5, 0.6) is 0 Å². The molecule has 6 heteroatoms. The molecule has 2 N–H and O–H groups in total. The van der Waals surface area contributed by atoms with Crippen molar-refractivity contribution in [1.82, 2.24) is 20.2 Å². The van der Waals surface area contributed by atoms with E-state index in [9.17, 15) is 0 Å². The maximum atomic E-state index is 4.61. The molecule has 5 nitrogen and oxygen atoms in total. The van der Waals surface area contributed by atoms with Crippen molar-refractivity contribution in [3.8, 4) is 0 Å². The van der Waals surface area contributed by atoms with Crippen LogP contribution in [0.3, 0.4) is 0 Å². The highest BCUT2D eigenvalue weighted by Crippen LogP contribution is 2.14. The third-order valence-corrected chi connectivity index (χ3v) is 2.86. The number of fused-ring (bicyclic) bond motifs is 1. The minimum atomic E-state index is 0. The maximum absolute atomic E-state index is 4.61. The SMILES string of the molecule is CN=C(NC)NCc1cn2c(n1)CCCC2.I. The molecule has 1 aliphatic heterocycles. The molecule has 2 rings (SSSR count). The number of rotatable bonds is 2. The highest BCUT2D eigenvalue weighted by molar-refractivity contribution is 14.0. The molecular formula is C11H20IN5. The van der Waals surface area contributed by atoms with E-state index in [1.54, 1.807) is 7.05 Å². The van der Waals surface area contributed by atoms with Gasteiger partial charge in [-0.2, -0.15) is 0 Å². The monoisotopic (exact) mass is 349 g/mol. The number of aryl methyl sites for hydroxylation is 2. The third kappa shape index (κ3) is 3.58. The summed E-state index contributed by atoms with van der Waals surface area (Å²) in [6, 6.07) is 0. The van der Waals surface area contributed by atoms with Crippen LogP contribution in [0.25, 0.3) is 0 Å². The molecule has 0 bridgehead atoms. The molecule has 0 saturated carbocycles. The first-order valence-corrected chi connectivity index (χ1v) is 5.77. The number of nitrogens with one attached hydrogen (secondary N) is 2. The van der Waals surface area contributed by atoms with E-state index in [0.29, 0.717) is 0 Å². The molecule has 0 fully saturated rings. The van der Waals surface area contributed by atoms with Crippen LogP contribution in [0.4, 0.5) is 0 Å². The second kappa shape index (κ2) is 6.83. The fourth-order valence-electron chi connectivity index (χ4n) is 2.01. The van der Waals surface area contributed by atoms with Crippen LogP contribution in [0.15, 0.2) is 11.2 Å². The Kier molecular flexibility index (Phi) is 5.73. The lowest BCUT2D eigenvalue weighted by atomic mass is 10.2. The summed E-state index contributed by atoms with van der Waals surface area (Å²) in [5, 5.41) is 6.20. The van der Waals surface area contributed by atoms with Crippen molar-refractivity contribution in [3.05, 3.63) is 17.7 Å². The predicted molar refractivity (Wildman–Crippen MR) is 79.8 cm³/mol. The van der Waals surface area contributed by atoms with E-state index in [0.717, 1.165) is 31.2 Å². The molecule has 17 heavy (non-hydrogen) atoms. The second-order valence-electron chi connectivity index (χ2n) is 3.97. The summed E-state index contributed by atoms with van der Waals surface area (Å²) in [5.74, 6) is 2.02. The summed E-state index contributed by atoms with van der Waals surface area (Å²) < 4.78 is 2.27. The molecule has 1 aliphatic rings. The normalized spacial score (nSPS) is 14.8. The fourth-order valence-corrected chi connectivity index (χ4v) is 2.01. The minimum Gasteiger partial charge on any atom is -0.359 e. The van der Waals surface area contributed by atoms with Gasteiger partial charge in [0.25, 0.3) is 0 Å². The van der Waals surface area contributed by atoms with Gasteiger partial charge in [-0.15, -0.1) is 24.0 Å². The van der Waals surface area contributed by atoms with Crippen LogP contribution < -0.4 is 10.6 Å². The van der Waals surface area contributed by atoms with Gasteiger partial charge in [-0.3, -0.25) is 4.99 Å². The number of nitrogens with zero attached hydrogens (tertiary/aromatic N) is 3. The highest BCUT2D eigenvalue weighted by atomic mass is 127. The summed E-state index contributed by atoms with van der Waals surface area (Å²) in [6.45, 7) is 1.84. The second-order valence-corrected chi connectivity index (χ2v) is 3.97. The van der Waals surface area contributed by atoms with Crippen molar-refractivity contribution < 1.29 is 0 Å². The Balaban J connectivity index is 0.00000144. The van der Waals surface area contributed by atoms with Gasteiger partial charge in [0.15, 0.2) is 5.96 Å². The zero-order chi connectivity index (χ0) is 11.4. The smallest absolute Gasteiger partial charge is 0.191 e. The Labute approximate surface area is 119 Å². The van der Waals surface area contributed by atoms with E-state index in [2.05, 4.69) is 31.4 Å². The number of aromatic nitrogens is 2. The Hall–Kier alpha value is -0.790. The minimum absolute atomic E-state index is 0. The van der Waals surface area contributed by atoms with Crippen molar-refractivity contribution in [2.75, 3.05) is 14.1 Å². The highest BCUT2D eigenvalue weighted by Gasteiger charge is 2.11. The summed E-state index contributed by atoms with van der Waals surface area (Å²) in [5.41, 5.74) is 1.09. The Morgan fingerprint density at radius 2 is 2.35 bits per heavy atom. The van der Waals surface area contributed by atoms with Gasteiger partial charge in [0.2, 0.25) is 0 Å². The van der Waals surface area contributed by atoms with E-state index in [4.69, 9.17) is 0 Å². The average Bonchev–Trinajstić information content (AvgIpc) is 2.73. The molecule has 1 aromatic rings. The molecule has 0 atom stereocenters. The van der Waals surface area contributed by atoms with E-state index in [-0.39, 0.29) is 24.0 Å². The fraction of sp³-hybridized carbons (Fsp3) is 0.636. The number of hydrogen-bond acceptors (Lipinski definition) is 2. The van der Waals surface area contributed by atoms with Gasteiger partial charge in [-0.1, -0.05) is 0 Å². The van der Waals surface area contributed by atoms with Gasteiger partial charge in [-0.05, 0) is 12.8 Å². The van der Waals surface area contributed by atoms with Gasteiger partial charge in [-0.25, -0.2) is 4.98 Å². The summed E-state index contributed by atoms with van der Waals surface area (Å²) >= 11 is 0. The molecule has 96 valence electrons. The van der Waals surface area contributed by atoms with Crippen molar-refractivity contribution >= 4 is 29.9 Å². The zero-order valence-electron chi connectivity index (χ0n) is 10.4. The zero-order valence-corrected chi connectivity index (χ0v) is 12.7. The van der Waals surface area contributed by atoms with Gasteiger partial charge in [0.1, 0.15) is 5.82 Å². The predicted octanol–water partition coefficient (Wildman–Crippen LogP) is 1.13. The number of hydrogen-bond donors (Lipinski definition) is 2. The molecule has 0 aliphatic carbocycles. The van der Waals surface area contributed by atoms with E-state index < -0.39 is 0 Å².